The summed E-state index contributed by atoms with van der Waals surface area (Å²) in [7, 11) is 0. The standard InChI is InChI=1S/C12H10Cl2N2O2/c1-2-18-12(17)8-7-15-16(11(8)14)10-6-4-3-5-9(10)13/h3-7H,2H2,1H3. The number of rotatable bonds is 3. The predicted molar refractivity (Wildman–Crippen MR) is 69.5 cm³/mol. The summed E-state index contributed by atoms with van der Waals surface area (Å²) in [5, 5.41) is 4.73. The molecule has 0 aliphatic heterocycles. The van der Waals surface area contributed by atoms with Crippen molar-refractivity contribution in [3.8, 4) is 5.69 Å². The Labute approximate surface area is 114 Å². The summed E-state index contributed by atoms with van der Waals surface area (Å²) >= 11 is 12.1. The molecular formula is C12H10Cl2N2O2. The molecule has 0 amide bonds. The topological polar surface area (TPSA) is 44.1 Å². The zero-order chi connectivity index (χ0) is 13.1. The van der Waals surface area contributed by atoms with Gasteiger partial charge in [-0.1, -0.05) is 35.3 Å². The number of halogens is 2. The van der Waals surface area contributed by atoms with E-state index in [0.29, 0.717) is 10.7 Å². The highest BCUT2D eigenvalue weighted by molar-refractivity contribution is 6.34. The van der Waals surface area contributed by atoms with Crippen molar-refractivity contribution in [2.45, 2.75) is 6.92 Å². The third kappa shape index (κ3) is 2.35. The lowest BCUT2D eigenvalue weighted by molar-refractivity contribution is 0.0526. The molecule has 0 atom stereocenters. The van der Waals surface area contributed by atoms with Gasteiger partial charge in [0.15, 0.2) is 0 Å². The minimum atomic E-state index is -0.499. The van der Waals surface area contributed by atoms with Crippen LogP contribution in [0.3, 0.4) is 0 Å². The van der Waals surface area contributed by atoms with Gasteiger partial charge in [0.25, 0.3) is 0 Å². The van der Waals surface area contributed by atoms with Gasteiger partial charge in [-0.25, -0.2) is 9.48 Å². The molecule has 0 saturated heterocycles. The summed E-state index contributed by atoms with van der Waals surface area (Å²) in [6.07, 6.45) is 1.36. The van der Waals surface area contributed by atoms with E-state index in [1.807, 2.05) is 6.07 Å². The number of hydrogen-bond acceptors (Lipinski definition) is 3. The fourth-order valence-corrected chi connectivity index (χ4v) is 1.95. The highest BCUT2D eigenvalue weighted by Gasteiger charge is 2.18. The van der Waals surface area contributed by atoms with Crippen LogP contribution >= 0.6 is 23.2 Å². The number of carbonyl (C=O) groups excluding carboxylic acids is 1. The molecule has 0 fully saturated rings. The van der Waals surface area contributed by atoms with Crippen molar-refractivity contribution in [3.63, 3.8) is 0 Å². The van der Waals surface area contributed by atoms with Crippen LogP contribution in [-0.4, -0.2) is 22.4 Å². The SMILES string of the molecule is CCOC(=O)c1cnn(-c2ccccc2Cl)c1Cl. The van der Waals surface area contributed by atoms with Gasteiger partial charge in [0, 0.05) is 0 Å². The Morgan fingerprint density at radius 2 is 2.11 bits per heavy atom. The first-order valence-corrected chi connectivity index (χ1v) is 6.06. The van der Waals surface area contributed by atoms with E-state index < -0.39 is 5.97 Å². The lowest BCUT2D eigenvalue weighted by Crippen LogP contribution is -2.05. The molecule has 0 radical (unpaired) electrons. The molecule has 1 heterocycles. The quantitative estimate of drug-likeness (QED) is 0.812. The Balaban J connectivity index is 2.43. The van der Waals surface area contributed by atoms with Crippen molar-refractivity contribution in [2.75, 3.05) is 6.61 Å². The third-order valence-electron chi connectivity index (χ3n) is 2.29. The predicted octanol–water partition coefficient (Wildman–Crippen LogP) is 3.36. The normalized spacial score (nSPS) is 10.4. The first-order chi connectivity index (χ1) is 8.65. The summed E-state index contributed by atoms with van der Waals surface area (Å²) in [5.74, 6) is -0.499. The van der Waals surface area contributed by atoms with E-state index in [1.54, 1.807) is 25.1 Å². The molecular weight excluding hydrogens is 275 g/mol. The minimum absolute atomic E-state index is 0.182. The van der Waals surface area contributed by atoms with Gasteiger partial charge in [-0.3, -0.25) is 0 Å². The van der Waals surface area contributed by atoms with Gasteiger partial charge in [0.1, 0.15) is 10.7 Å². The van der Waals surface area contributed by atoms with Crippen LogP contribution in [0, 0.1) is 0 Å². The second-order valence-corrected chi connectivity index (χ2v) is 4.20. The van der Waals surface area contributed by atoms with Crippen molar-refractivity contribution >= 4 is 29.2 Å². The minimum Gasteiger partial charge on any atom is -0.462 e. The highest BCUT2D eigenvalue weighted by Crippen LogP contribution is 2.25. The van der Waals surface area contributed by atoms with E-state index in [1.165, 1.54) is 10.9 Å². The molecule has 1 aromatic heterocycles. The van der Waals surface area contributed by atoms with Crippen LogP contribution in [0.25, 0.3) is 5.69 Å². The monoisotopic (exact) mass is 284 g/mol. The van der Waals surface area contributed by atoms with Gasteiger partial charge < -0.3 is 4.74 Å². The fraction of sp³-hybridized carbons (Fsp3) is 0.167. The van der Waals surface area contributed by atoms with Gasteiger partial charge >= 0.3 is 5.97 Å². The number of hydrogen-bond donors (Lipinski definition) is 0. The Morgan fingerprint density at radius 1 is 1.39 bits per heavy atom. The summed E-state index contributed by atoms with van der Waals surface area (Å²) < 4.78 is 6.28. The van der Waals surface area contributed by atoms with E-state index >= 15 is 0 Å². The van der Waals surface area contributed by atoms with Crippen LogP contribution in [0.2, 0.25) is 10.2 Å². The Morgan fingerprint density at radius 3 is 2.78 bits per heavy atom. The first-order valence-electron chi connectivity index (χ1n) is 5.30. The molecule has 0 aliphatic rings. The van der Waals surface area contributed by atoms with Gasteiger partial charge in [0.2, 0.25) is 0 Å². The van der Waals surface area contributed by atoms with Crippen molar-refractivity contribution in [3.05, 3.63) is 46.2 Å². The zero-order valence-corrected chi connectivity index (χ0v) is 11.1. The van der Waals surface area contributed by atoms with E-state index in [-0.39, 0.29) is 17.3 Å². The largest absolute Gasteiger partial charge is 0.462 e. The maximum absolute atomic E-state index is 11.6. The van der Waals surface area contributed by atoms with Crippen molar-refractivity contribution in [1.29, 1.82) is 0 Å². The highest BCUT2D eigenvalue weighted by atomic mass is 35.5. The molecule has 0 unspecified atom stereocenters. The zero-order valence-electron chi connectivity index (χ0n) is 9.56. The van der Waals surface area contributed by atoms with Crippen LogP contribution in [0.15, 0.2) is 30.5 Å². The van der Waals surface area contributed by atoms with Crippen LogP contribution in [0.4, 0.5) is 0 Å². The average molecular weight is 285 g/mol. The molecule has 0 N–H and O–H groups in total. The lowest BCUT2D eigenvalue weighted by atomic mass is 10.3. The molecule has 0 saturated carbocycles. The fourth-order valence-electron chi connectivity index (χ4n) is 1.47. The van der Waals surface area contributed by atoms with Crippen LogP contribution in [0.5, 0.6) is 0 Å². The molecule has 0 aliphatic carbocycles. The summed E-state index contributed by atoms with van der Waals surface area (Å²) in [6.45, 7) is 2.01. The van der Waals surface area contributed by atoms with Crippen LogP contribution in [0.1, 0.15) is 17.3 Å². The van der Waals surface area contributed by atoms with Gasteiger partial charge in [-0.15, -0.1) is 0 Å². The maximum Gasteiger partial charge on any atom is 0.342 e. The number of aromatic nitrogens is 2. The molecule has 4 nitrogen and oxygen atoms in total. The molecule has 0 bridgehead atoms. The second kappa shape index (κ2) is 5.42. The third-order valence-corrected chi connectivity index (χ3v) is 2.97. The number of benzene rings is 1. The number of para-hydroxylation sites is 1. The number of nitrogens with zero attached hydrogens (tertiary/aromatic N) is 2. The summed E-state index contributed by atoms with van der Waals surface area (Å²) in [5.41, 5.74) is 0.832. The lowest BCUT2D eigenvalue weighted by Gasteiger charge is -2.05. The average Bonchev–Trinajstić information content (AvgIpc) is 2.72. The Kier molecular flexibility index (Phi) is 3.89. The molecule has 0 spiro atoms. The van der Waals surface area contributed by atoms with E-state index in [4.69, 9.17) is 27.9 Å². The van der Waals surface area contributed by atoms with E-state index in [0.717, 1.165) is 0 Å². The van der Waals surface area contributed by atoms with Gasteiger partial charge in [-0.2, -0.15) is 5.10 Å². The Bertz CT molecular complexity index is 581. The van der Waals surface area contributed by atoms with Crippen molar-refractivity contribution < 1.29 is 9.53 Å². The van der Waals surface area contributed by atoms with Crippen molar-refractivity contribution in [2.24, 2.45) is 0 Å². The second-order valence-electron chi connectivity index (χ2n) is 3.43. The Hall–Kier alpha value is -1.52. The molecule has 94 valence electrons. The van der Waals surface area contributed by atoms with Crippen LogP contribution < -0.4 is 0 Å². The molecule has 18 heavy (non-hydrogen) atoms. The number of esters is 1. The molecule has 1 aromatic carbocycles. The maximum atomic E-state index is 11.6. The molecule has 2 aromatic rings. The van der Waals surface area contributed by atoms with E-state index in [9.17, 15) is 4.79 Å². The van der Waals surface area contributed by atoms with Crippen molar-refractivity contribution in [1.82, 2.24) is 9.78 Å². The van der Waals surface area contributed by atoms with Gasteiger partial charge in [0.05, 0.1) is 23.5 Å². The number of ether oxygens (including phenoxy) is 1. The number of carbonyl (C=O) groups is 1. The van der Waals surface area contributed by atoms with Crippen LogP contribution in [-0.2, 0) is 4.74 Å². The summed E-state index contributed by atoms with van der Waals surface area (Å²) in [6, 6.07) is 7.09. The molecule has 2 rings (SSSR count). The summed E-state index contributed by atoms with van der Waals surface area (Å²) in [4.78, 5) is 11.6. The smallest absolute Gasteiger partial charge is 0.342 e. The first kappa shape index (κ1) is 12.9. The van der Waals surface area contributed by atoms with E-state index in [2.05, 4.69) is 5.10 Å². The molecule has 6 heteroatoms. The van der Waals surface area contributed by atoms with Gasteiger partial charge in [-0.05, 0) is 19.1 Å².